The summed E-state index contributed by atoms with van der Waals surface area (Å²) < 4.78 is 19.6. The number of aryl methyl sites for hydroxylation is 1. The molecule has 10 nitrogen and oxygen atoms in total. The van der Waals surface area contributed by atoms with Crippen molar-refractivity contribution in [3.63, 3.8) is 0 Å². The van der Waals surface area contributed by atoms with Crippen LogP contribution in [0.3, 0.4) is 0 Å². The highest BCUT2D eigenvalue weighted by Gasteiger charge is 2.23. The van der Waals surface area contributed by atoms with E-state index >= 15 is 0 Å². The van der Waals surface area contributed by atoms with Gasteiger partial charge in [-0.15, -0.1) is 13.0 Å². The van der Waals surface area contributed by atoms with Crippen molar-refractivity contribution in [2.24, 2.45) is 4.36 Å². The molecule has 1 N–H and O–H groups in total. The number of terminal acetylenes is 1. The molecule has 3 heterocycles. The van der Waals surface area contributed by atoms with Crippen LogP contribution in [0.5, 0.6) is 0 Å². The monoisotopic (exact) mass is 556 g/mol. The molecular formula is C29H32N8O2S. The summed E-state index contributed by atoms with van der Waals surface area (Å²) in [5.41, 5.74) is 4.16. The minimum absolute atomic E-state index is 0.226. The van der Waals surface area contributed by atoms with Gasteiger partial charge in [-0.25, -0.2) is 23.5 Å². The van der Waals surface area contributed by atoms with Crippen LogP contribution in [0.4, 0.5) is 17.5 Å². The average Bonchev–Trinajstić information content (AvgIpc) is 3.17. The van der Waals surface area contributed by atoms with Crippen LogP contribution in [-0.4, -0.2) is 66.1 Å². The molecule has 1 aliphatic rings. The molecule has 1 unspecified atom stereocenters. The second-order valence-electron chi connectivity index (χ2n) is 10.3. The third-order valence-corrected chi connectivity index (χ3v) is 7.53. The Labute approximate surface area is 234 Å². The quantitative estimate of drug-likeness (QED) is 0.273. The second-order valence-corrected chi connectivity index (χ2v) is 12.9. The van der Waals surface area contributed by atoms with E-state index in [0.717, 1.165) is 30.5 Å². The van der Waals surface area contributed by atoms with Gasteiger partial charge in [0.25, 0.3) is 5.56 Å². The highest BCUT2D eigenvalue weighted by atomic mass is 32.2. The molecule has 1 aliphatic carbocycles. The smallest absolute Gasteiger partial charge is 0.278 e. The van der Waals surface area contributed by atoms with Crippen LogP contribution in [0.15, 0.2) is 58.3 Å². The third kappa shape index (κ3) is 5.41. The molecule has 40 heavy (non-hydrogen) atoms. The van der Waals surface area contributed by atoms with Crippen molar-refractivity contribution in [3.8, 4) is 18.2 Å². The van der Waals surface area contributed by atoms with Gasteiger partial charge in [-0.05, 0) is 68.8 Å². The van der Waals surface area contributed by atoms with Gasteiger partial charge in [-0.3, -0.25) is 4.79 Å². The second kappa shape index (κ2) is 10.7. The molecule has 0 fully saturated rings. The Morgan fingerprint density at radius 2 is 2.10 bits per heavy atom. The highest BCUT2D eigenvalue weighted by molar-refractivity contribution is 7.92. The number of rotatable bonds is 7. The van der Waals surface area contributed by atoms with Crippen LogP contribution in [0.25, 0.3) is 16.9 Å². The summed E-state index contributed by atoms with van der Waals surface area (Å²) in [4.78, 5) is 29.2. The van der Waals surface area contributed by atoms with Gasteiger partial charge < -0.3 is 10.2 Å². The van der Waals surface area contributed by atoms with E-state index < -0.39 is 9.73 Å². The summed E-state index contributed by atoms with van der Waals surface area (Å²) >= 11 is 0. The Bertz CT molecular complexity index is 1850. The topological polar surface area (TPSA) is 110 Å². The Kier molecular flexibility index (Phi) is 7.31. The number of anilines is 2. The van der Waals surface area contributed by atoms with Crippen LogP contribution < -0.4 is 10.9 Å². The fraction of sp³-hybridized carbons (Fsp3) is 0.310. The van der Waals surface area contributed by atoms with Crippen molar-refractivity contribution in [1.29, 1.82) is 0 Å². The first-order valence-corrected chi connectivity index (χ1v) is 15.2. The first-order valence-electron chi connectivity index (χ1n) is 12.9. The molecular weight excluding hydrogens is 524 g/mol. The lowest BCUT2D eigenvalue weighted by molar-refractivity contribution is 0.268. The number of allylic oxidation sites excluding steroid dienone is 1. The van der Waals surface area contributed by atoms with Gasteiger partial charge in [-0.1, -0.05) is 18.1 Å². The van der Waals surface area contributed by atoms with Crippen molar-refractivity contribution in [1.82, 2.24) is 29.2 Å². The van der Waals surface area contributed by atoms with E-state index in [1.54, 1.807) is 29.0 Å². The number of likely N-dealkylation sites (N-methyl/N-ethyl adjacent to an activating group) is 1. The predicted octanol–water partition coefficient (Wildman–Crippen LogP) is 3.67. The maximum atomic E-state index is 13.3. The standard InChI is InChI=1S/C29H32N8O2S/c1-7-14-36-28(38)24-18-30-29(33-27(24)37(36)26-11-9-10-25(32-26)34-40(5,6)39)31-21-15-19(8-2)23-17-22(35(3)4)13-12-20(23)16-21/h2,7,9-11,15-16,18,22H,1,12-14,17H2,3-6H3,(H,30,31,33). The van der Waals surface area contributed by atoms with Crippen molar-refractivity contribution in [3.05, 3.63) is 76.2 Å². The summed E-state index contributed by atoms with van der Waals surface area (Å²) in [5, 5.41) is 3.62. The van der Waals surface area contributed by atoms with Gasteiger partial charge in [0.15, 0.2) is 17.3 Å². The maximum Gasteiger partial charge on any atom is 0.278 e. The molecule has 3 aromatic heterocycles. The molecule has 0 saturated heterocycles. The van der Waals surface area contributed by atoms with Crippen LogP contribution in [0.1, 0.15) is 23.1 Å². The minimum atomic E-state index is -2.43. The van der Waals surface area contributed by atoms with E-state index in [9.17, 15) is 9.00 Å². The maximum absolute atomic E-state index is 13.3. The van der Waals surface area contributed by atoms with E-state index in [1.807, 2.05) is 6.07 Å². The summed E-state index contributed by atoms with van der Waals surface area (Å²) in [6, 6.07) is 9.66. The van der Waals surface area contributed by atoms with E-state index in [0.29, 0.717) is 34.7 Å². The molecule has 0 aliphatic heterocycles. The molecule has 0 bridgehead atoms. The van der Waals surface area contributed by atoms with E-state index in [2.05, 4.69) is 57.2 Å². The number of nitrogens with one attached hydrogen (secondary N) is 1. The molecule has 1 aromatic carbocycles. The zero-order valence-corrected chi connectivity index (χ0v) is 23.9. The summed E-state index contributed by atoms with van der Waals surface area (Å²) in [6.45, 7) is 4.02. The van der Waals surface area contributed by atoms with Crippen molar-refractivity contribution in [2.75, 3.05) is 31.9 Å². The molecule has 11 heteroatoms. The normalized spacial score (nSPS) is 15.1. The molecule has 1 atom stereocenters. The number of hydrogen-bond donors (Lipinski definition) is 1. The first-order chi connectivity index (χ1) is 19.1. The SMILES string of the molecule is C#Cc1cc(Nc2ncc3c(=O)n(CC=C)n(-c4cccc(N=S(C)(C)=O)n4)c3n2)cc2c1CC(N(C)C)CC2. The van der Waals surface area contributed by atoms with Gasteiger partial charge in [0.05, 0.1) is 6.54 Å². The lowest BCUT2D eigenvalue weighted by atomic mass is 9.84. The van der Waals surface area contributed by atoms with Gasteiger partial charge in [0.2, 0.25) is 5.95 Å². The Morgan fingerprint density at radius 1 is 1.30 bits per heavy atom. The van der Waals surface area contributed by atoms with E-state index in [-0.39, 0.29) is 12.1 Å². The molecule has 5 rings (SSSR count). The largest absolute Gasteiger partial charge is 0.324 e. The fourth-order valence-electron chi connectivity index (χ4n) is 5.04. The average molecular weight is 557 g/mol. The molecule has 0 spiro atoms. The van der Waals surface area contributed by atoms with Crippen molar-refractivity contribution < 1.29 is 4.21 Å². The van der Waals surface area contributed by atoms with Crippen LogP contribution >= 0.6 is 0 Å². The molecule has 4 aromatic rings. The van der Waals surface area contributed by atoms with Crippen LogP contribution in [-0.2, 0) is 29.1 Å². The first kappa shape index (κ1) is 27.3. The Hall–Kier alpha value is -4.27. The number of aromatic nitrogens is 5. The van der Waals surface area contributed by atoms with Crippen LogP contribution in [0.2, 0.25) is 0 Å². The van der Waals surface area contributed by atoms with Gasteiger partial charge >= 0.3 is 0 Å². The van der Waals surface area contributed by atoms with E-state index in [1.165, 1.54) is 34.5 Å². The molecule has 0 amide bonds. The van der Waals surface area contributed by atoms with Crippen molar-refractivity contribution >= 4 is 38.2 Å². The number of benzene rings is 1. The third-order valence-electron chi connectivity index (χ3n) is 6.90. The van der Waals surface area contributed by atoms with Crippen molar-refractivity contribution in [2.45, 2.75) is 31.8 Å². The number of hydrogen-bond acceptors (Lipinski definition) is 8. The highest BCUT2D eigenvalue weighted by Crippen LogP contribution is 2.30. The zero-order chi connectivity index (χ0) is 28.6. The summed E-state index contributed by atoms with van der Waals surface area (Å²) in [6.07, 6.45) is 15.0. The van der Waals surface area contributed by atoms with Gasteiger partial charge in [0, 0.05) is 45.7 Å². The fourth-order valence-corrected chi connectivity index (χ4v) is 5.59. The predicted molar refractivity (Wildman–Crippen MR) is 160 cm³/mol. The molecule has 0 saturated carbocycles. The molecule has 206 valence electrons. The van der Waals surface area contributed by atoms with Gasteiger partial charge in [-0.2, -0.15) is 9.35 Å². The number of fused-ring (bicyclic) bond motifs is 2. The lowest BCUT2D eigenvalue weighted by Gasteiger charge is -2.31. The number of nitrogens with zero attached hydrogens (tertiary/aromatic N) is 7. The number of pyridine rings is 1. The van der Waals surface area contributed by atoms with Gasteiger partial charge in [0.1, 0.15) is 5.39 Å². The van der Waals surface area contributed by atoms with Crippen LogP contribution in [0, 0.1) is 12.3 Å². The lowest BCUT2D eigenvalue weighted by Crippen LogP contribution is -2.33. The molecule has 0 radical (unpaired) electrons. The summed E-state index contributed by atoms with van der Waals surface area (Å²) in [7, 11) is 1.77. The minimum Gasteiger partial charge on any atom is -0.324 e. The van der Waals surface area contributed by atoms with E-state index in [4.69, 9.17) is 11.4 Å². The zero-order valence-electron chi connectivity index (χ0n) is 23.1. The Balaban J connectivity index is 1.59. The Morgan fingerprint density at radius 3 is 2.80 bits per heavy atom. The summed E-state index contributed by atoms with van der Waals surface area (Å²) in [5.74, 6) is 3.87.